The van der Waals surface area contributed by atoms with Crippen LogP contribution in [0.3, 0.4) is 0 Å². The average Bonchev–Trinajstić information content (AvgIpc) is 2.49. The third kappa shape index (κ3) is 3.69. The highest BCUT2D eigenvalue weighted by Gasteiger charge is 2.28. The van der Waals surface area contributed by atoms with E-state index >= 15 is 0 Å². The van der Waals surface area contributed by atoms with Crippen molar-refractivity contribution >= 4 is 0 Å². The first-order valence-corrected chi connectivity index (χ1v) is 7.75. The van der Waals surface area contributed by atoms with Crippen LogP contribution in [0.5, 0.6) is 0 Å². The fourth-order valence-corrected chi connectivity index (χ4v) is 3.53. The SMILES string of the molecule is CCNC1CCCCCC1N(C)CC1CCC1. The van der Waals surface area contributed by atoms with Gasteiger partial charge in [0.1, 0.15) is 0 Å². The van der Waals surface area contributed by atoms with Gasteiger partial charge in [0.25, 0.3) is 0 Å². The molecule has 2 fully saturated rings. The molecule has 100 valence electrons. The van der Waals surface area contributed by atoms with Crippen LogP contribution in [-0.2, 0) is 0 Å². The van der Waals surface area contributed by atoms with Crippen LogP contribution < -0.4 is 5.32 Å². The standard InChI is InChI=1S/C15H30N2/c1-3-16-14-10-5-4-6-11-15(14)17(2)12-13-8-7-9-13/h13-16H,3-12H2,1-2H3. The Morgan fingerprint density at radius 2 is 1.76 bits per heavy atom. The topological polar surface area (TPSA) is 15.3 Å². The van der Waals surface area contributed by atoms with Gasteiger partial charge in [0.2, 0.25) is 0 Å². The van der Waals surface area contributed by atoms with Crippen LogP contribution in [0.4, 0.5) is 0 Å². The first-order valence-electron chi connectivity index (χ1n) is 7.75. The van der Waals surface area contributed by atoms with E-state index in [1.54, 1.807) is 0 Å². The van der Waals surface area contributed by atoms with Gasteiger partial charge in [-0.1, -0.05) is 32.6 Å². The minimum atomic E-state index is 0.743. The summed E-state index contributed by atoms with van der Waals surface area (Å²) < 4.78 is 0. The van der Waals surface area contributed by atoms with Gasteiger partial charge in [-0.3, -0.25) is 0 Å². The molecular weight excluding hydrogens is 208 g/mol. The number of likely N-dealkylation sites (N-methyl/N-ethyl adjacent to an activating group) is 2. The van der Waals surface area contributed by atoms with Crippen molar-refractivity contribution in [3.05, 3.63) is 0 Å². The molecule has 0 saturated heterocycles. The van der Waals surface area contributed by atoms with Crippen molar-refractivity contribution in [2.75, 3.05) is 20.1 Å². The van der Waals surface area contributed by atoms with E-state index in [0.717, 1.165) is 24.5 Å². The van der Waals surface area contributed by atoms with Crippen molar-refractivity contribution in [2.45, 2.75) is 70.4 Å². The van der Waals surface area contributed by atoms with Crippen LogP contribution in [0.15, 0.2) is 0 Å². The zero-order valence-electron chi connectivity index (χ0n) is 11.8. The summed E-state index contributed by atoms with van der Waals surface area (Å²) >= 11 is 0. The second-order valence-corrected chi connectivity index (χ2v) is 6.11. The monoisotopic (exact) mass is 238 g/mol. The van der Waals surface area contributed by atoms with Crippen LogP contribution in [0.25, 0.3) is 0 Å². The average molecular weight is 238 g/mol. The maximum Gasteiger partial charge on any atom is 0.0246 e. The van der Waals surface area contributed by atoms with E-state index < -0.39 is 0 Å². The van der Waals surface area contributed by atoms with Crippen LogP contribution in [0.1, 0.15) is 58.3 Å². The molecule has 0 aromatic heterocycles. The Hall–Kier alpha value is -0.0800. The molecule has 1 N–H and O–H groups in total. The van der Waals surface area contributed by atoms with Gasteiger partial charge in [0, 0.05) is 18.6 Å². The Labute approximate surface area is 107 Å². The zero-order valence-corrected chi connectivity index (χ0v) is 11.8. The van der Waals surface area contributed by atoms with Crippen LogP contribution >= 0.6 is 0 Å². The van der Waals surface area contributed by atoms with E-state index in [1.165, 1.54) is 57.9 Å². The molecule has 0 aliphatic heterocycles. The molecule has 0 aromatic carbocycles. The van der Waals surface area contributed by atoms with E-state index in [0.29, 0.717) is 0 Å². The number of nitrogens with one attached hydrogen (secondary N) is 1. The minimum Gasteiger partial charge on any atom is -0.313 e. The van der Waals surface area contributed by atoms with E-state index in [-0.39, 0.29) is 0 Å². The molecule has 0 heterocycles. The van der Waals surface area contributed by atoms with Crippen LogP contribution in [0.2, 0.25) is 0 Å². The van der Waals surface area contributed by atoms with Crippen molar-refractivity contribution < 1.29 is 0 Å². The predicted octanol–water partition coefficient (Wildman–Crippen LogP) is 3.03. The Bertz CT molecular complexity index is 213. The number of hydrogen-bond acceptors (Lipinski definition) is 2. The lowest BCUT2D eigenvalue weighted by atomic mass is 9.84. The van der Waals surface area contributed by atoms with Gasteiger partial charge in [-0.15, -0.1) is 0 Å². The van der Waals surface area contributed by atoms with Crippen molar-refractivity contribution in [1.29, 1.82) is 0 Å². The van der Waals surface area contributed by atoms with Crippen molar-refractivity contribution in [3.63, 3.8) is 0 Å². The molecule has 2 aliphatic rings. The first kappa shape index (κ1) is 13.4. The second kappa shape index (κ2) is 6.75. The largest absolute Gasteiger partial charge is 0.313 e. The molecule has 0 bridgehead atoms. The lowest BCUT2D eigenvalue weighted by Crippen LogP contribution is -2.49. The second-order valence-electron chi connectivity index (χ2n) is 6.11. The molecule has 0 amide bonds. The summed E-state index contributed by atoms with van der Waals surface area (Å²) in [5, 5.41) is 3.72. The van der Waals surface area contributed by atoms with Crippen molar-refractivity contribution in [2.24, 2.45) is 5.92 Å². The van der Waals surface area contributed by atoms with E-state index in [2.05, 4.69) is 24.2 Å². The summed E-state index contributed by atoms with van der Waals surface area (Å²) in [4.78, 5) is 2.67. The molecule has 2 aliphatic carbocycles. The maximum atomic E-state index is 3.72. The normalized spacial score (nSPS) is 31.2. The molecule has 0 spiro atoms. The van der Waals surface area contributed by atoms with Crippen LogP contribution in [0, 0.1) is 5.92 Å². The molecule has 2 saturated carbocycles. The van der Waals surface area contributed by atoms with Crippen molar-refractivity contribution in [3.8, 4) is 0 Å². The molecule has 17 heavy (non-hydrogen) atoms. The zero-order chi connectivity index (χ0) is 12.1. The Kier molecular flexibility index (Phi) is 5.30. The highest BCUT2D eigenvalue weighted by atomic mass is 15.2. The van der Waals surface area contributed by atoms with Gasteiger partial charge >= 0.3 is 0 Å². The smallest absolute Gasteiger partial charge is 0.0246 e. The minimum absolute atomic E-state index is 0.743. The molecule has 0 radical (unpaired) electrons. The van der Waals surface area contributed by atoms with Crippen molar-refractivity contribution in [1.82, 2.24) is 10.2 Å². The third-order valence-corrected chi connectivity index (χ3v) is 4.78. The summed E-state index contributed by atoms with van der Waals surface area (Å²) in [5.41, 5.74) is 0. The fourth-order valence-electron chi connectivity index (χ4n) is 3.53. The quantitative estimate of drug-likeness (QED) is 0.741. The highest BCUT2D eigenvalue weighted by molar-refractivity contribution is 4.87. The summed E-state index contributed by atoms with van der Waals surface area (Å²) in [6, 6.07) is 1.53. The molecule has 2 nitrogen and oxygen atoms in total. The lowest BCUT2D eigenvalue weighted by Gasteiger charge is -2.38. The Morgan fingerprint density at radius 3 is 2.41 bits per heavy atom. The summed E-state index contributed by atoms with van der Waals surface area (Å²) in [5.74, 6) is 1.01. The molecular formula is C15H30N2. The maximum absolute atomic E-state index is 3.72. The van der Waals surface area contributed by atoms with Gasteiger partial charge in [-0.05, 0) is 45.2 Å². The van der Waals surface area contributed by atoms with Crippen LogP contribution in [-0.4, -0.2) is 37.1 Å². The van der Waals surface area contributed by atoms with Gasteiger partial charge in [0.15, 0.2) is 0 Å². The molecule has 2 unspecified atom stereocenters. The van der Waals surface area contributed by atoms with Gasteiger partial charge in [0.05, 0.1) is 0 Å². The summed E-state index contributed by atoms with van der Waals surface area (Å²) in [6.45, 7) is 4.71. The number of hydrogen-bond donors (Lipinski definition) is 1. The van der Waals surface area contributed by atoms with Gasteiger partial charge in [-0.2, -0.15) is 0 Å². The number of rotatable bonds is 5. The molecule has 2 rings (SSSR count). The summed E-state index contributed by atoms with van der Waals surface area (Å²) in [7, 11) is 2.36. The highest BCUT2D eigenvalue weighted by Crippen LogP contribution is 2.29. The molecule has 0 aromatic rings. The van der Waals surface area contributed by atoms with Gasteiger partial charge in [-0.25, -0.2) is 0 Å². The lowest BCUT2D eigenvalue weighted by molar-refractivity contribution is 0.130. The predicted molar refractivity (Wildman–Crippen MR) is 74.3 cm³/mol. The van der Waals surface area contributed by atoms with E-state index in [4.69, 9.17) is 0 Å². The number of nitrogens with zero attached hydrogens (tertiary/aromatic N) is 1. The fraction of sp³-hybridized carbons (Fsp3) is 1.00. The van der Waals surface area contributed by atoms with Gasteiger partial charge < -0.3 is 10.2 Å². The molecule has 2 heteroatoms. The first-order chi connectivity index (χ1) is 8.31. The van der Waals surface area contributed by atoms with E-state index in [1.807, 2.05) is 0 Å². The van der Waals surface area contributed by atoms with E-state index in [9.17, 15) is 0 Å². The third-order valence-electron chi connectivity index (χ3n) is 4.78. The Morgan fingerprint density at radius 1 is 1.00 bits per heavy atom. The Balaban J connectivity index is 1.87. The molecule has 2 atom stereocenters. The summed E-state index contributed by atoms with van der Waals surface area (Å²) in [6.07, 6.45) is 11.5.